The summed E-state index contributed by atoms with van der Waals surface area (Å²) >= 11 is 0. The summed E-state index contributed by atoms with van der Waals surface area (Å²) in [6, 6.07) is 11.9. The van der Waals surface area contributed by atoms with Gasteiger partial charge in [0.25, 0.3) is 0 Å². The minimum Gasteiger partial charge on any atom is -0.384 e. The van der Waals surface area contributed by atoms with Gasteiger partial charge in [-0.15, -0.1) is 0 Å². The molecular formula is C26H24F4N4O3. The molecule has 194 valence electrons. The molecule has 37 heavy (non-hydrogen) atoms. The molecule has 3 aromatic rings. The van der Waals surface area contributed by atoms with E-state index in [1.807, 2.05) is 0 Å². The lowest BCUT2D eigenvalue weighted by molar-refractivity contribution is -0.137. The van der Waals surface area contributed by atoms with Gasteiger partial charge >= 0.3 is 6.18 Å². The standard InChI is InChI=1S/C26H24F4N4O3/c27-18-4-7-21(20(11-18)26(28,29)30)34-19-5-1-16(2-6-19)13-33-24(36)25(9-10-37-15-25)12-22(35)17-3-8-23(31)32-14-17/h1-8,11,14,34H,9-10,12-13,15H2,(H2,31,32)(H,33,36)/t25-/m0/s1. The number of nitrogens with zero attached hydrogens (tertiary/aromatic N) is 1. The van der Waals surface area contributed by atoms with E-state index in [-0.39, 0.29) is 42.8 Å². The molecule has 1 amide bonds. The molecule has 0 aliphatic carbocycles. The fraction of sp³-hybridized carbons (Fsp3) is 0.269. The number of halogens is 4. The number of hydrogen-bond donors (Lipinski definition) is 3. The quantitative estimate of drug-likeness (QED) is 0.292. The molecule has 4 N–H and O–H groups in total. The van der Waals surface area contributed by atoms with E-state index in [0.717, 1.165) is 12.1 Å². The molecule has 1 fully saturated rings. The molecule has 4 rings (SSSR count). The number of benzene rings is 2. The summed E-state index contributed by atoms with van der Waals surface area (Å²) in [5, 5.41) is 5.48. The van der Waals surface area contributed by atoms with Gasteiger partial charge in [-0.05, 0) is 54.4 Å². The number of nitrogens with one attached hydrogen (secondary N) is 2. The van der Waals surface area contributed by atoms with Crippen molar-refractivity contribution >= 4 is 28.9 Å². The van der Waals surface area contributed by atoms with Gasteiger partial charge in [0.15, 0.2) is 5.78 Å². The normalized spacial score (nSPS) is 17.4. The number of nitrogen functional groups attached to an aromatic ring is 1. The number of ether oxygens (including phenoxy) is 1. The Balaban J connectivity index is 1.39. The predicted octanol–water partition coefficient (Wildman–Crippen LogP) is 4.86. The molecule has 1 atom stereocenters. The molecule has 0 saturated carbocycles. The molecule has 1 aliphatic heterocycles. The van der Waals surface area contributed by atoms with Crippen LogP contribution < -0.4 is 16.4 Å². The van der Waals surface area contributed by atoms with E-state index in [9.17, 15) is 27.2 Å². The first kappa shape index (κ1) is 26.1. The van der Waals surface area contributed by atoms with Crippen LogP contribution in [0.15, 0.2) is 60.8 Å². The summed E-state index contributed by atoms with van der Waals surface area (Å²) in [5.74, 6) is -1.28. The highest BCUT2D eigenvalue weighted by Gasteiger charge is 2.44. The Hall–Kier alpha value is -3.99. The third kappa shape index (κ3) is 6.23. The van der Waals surface area contributed by atoms with Gasteiger partial charge in [-0.25, -0.2) is 9.37 Å². The second-order valence-electron chi connectivity index (χ2n) is 8.85. The third-order valence-electron chi connectivity index (χ3n) is 6.17. The molecule has 2 aromatic carbocycles. The number of carbonyl (C=O) groups excluding carboxylic acids is 2. The summed E-state index contributed by atoms with van der Waals surface area (Å²) in [6.07, 6.45) is -3.01. The van der Waals surface area contributed by atoms with Crippen molar-refractivity contribution in [2.45, 2.75) is 25.6 Å². The van der Waals surface area contributed by atoms with E-state index >= 15 is 0 Å². The smallest absolute Gasteiger partial charge is 0.384 e. The second-order valence-corrected chi connectivity index (χ2v) is 8.85. The average molecular weight is 516 g/mol. The highest BCUT2D eigenvalue weighted by atomic mass is 19.4. The van der Waals surface area contributed by atoms with Crippen molar-refractivity contribution in [3.63, 3.8) is 0 Å². The molecule has 0 spiro atoms. The van der Waals surface area contributed by atoms with Crippen molar-refractivity contribution in [2.24, 2.45) is 5.41 Å². The molecule has 1 aliphatic rings. The van der Waals surface area contributed by atoms with Gasteiger partial charge in [0.2, 0.25) is 5.91 Å². The van der Waals surface area contributed by atoms with Crippen LogP contribution in [0.2, 0.25) is 0 Å². The van der Waals surface area contributed by atoms with Gasteiger partial charge in [0, 0.05) is 37.0 Å². The largest absolute Gasteiger partial charge is 0.418 e. The summed E-state index contributed by atoms with van der Waals surface area (Å²) in [4.78, 5) is 29.8. The van der Waals surface area contributed by atoms with Crippen molar-refractivity contribution in [1.29, 1.82) is 0 Å². The van der Waals surface area contributed by atoms with Crippen molar-refractivity contribution < 1.29 is 31.9 Å². The fourth-order valence-electron chi connectivity index (χ4n) is 4.08. The van der Waals surface area contributed by atoms with E-state index in [1.54, 1.807) is 30.3 Å². The lowest BCUT2D eigenvalue weighted by atomic mass is 9.80. The molecule has 0 bridgehead atoms. The zero-order chi connectivity index (χ0) is 26.6. The fourth-order valence-corrected chi connectivity index (χ4v) is 4.08. The number of pyridine rings is 1. The monoisotopic (exact) mass is 516 g/mol. The van der Waals surface area contributed by atoms with Gasteiger partial charge < -0.3 is 21.1 Å². The summed E-state index contributed by atoms with van der Waals surface area (Å²) in [7, 11) is 0. The van der Waals surface area contributed by atoms with Gasteiger partial charge in [-0.1, -0.05) is 12.1 Å². The molecule has 1 saturated heterocycles. The maximum atomic E-state index is 13.3. The Bertz CT molecular complexity index is 1270. The van der Waals surface area contributed by atoms with Crippen molar-refractivity contribution in [2.75, 3.05) is 24.3 Å². The van der Waals surface area contributed by atoms with Crippen LogP contribution in [0.5, 0.6) is 0 Å². The first-order chi connectivity index (χ1) is 17.6. The van der Waals surface area contributed by atoms with Crippen LogP contribution >= 0.6 is 0 Å². The minimum atomic E-state index is -4.72. The Labute approximate surface area is 210 Å². The zero-order valence-corrected chi connectivity index (χ0v) is 19.6. The van der Waals surface area contributed by atoms with Gasteiger partial charge in [0.05, 0.1) is 23.3 Å². The number of Topliss-reactive ketones (excluding diaryl/α,β-unsaturated/α-hetero) is 1. The number of anilines is 3. The van der Waals surface area contributed by atoms with Crippen LogP contribution in [0.1, 0.15) is 34.3 Å². The van der Waals surface area contributed by atoms with Crippen LogP contribution in [0.25, 0.3) is 0 Å². The molecule has 2 heterocycles. The van der Waals surface area contributed by atoms with Gasteiger partial charge in [-0.3, -0.25) is 9.59 Å². The maximum Gasteiger partial charge on any atom is 0.418 e. The lowest BCUT2D eigenvalue weighted by Gasteiger charge is -2.25. The number of rotatable bonds is 8. The predicted molar refractivity (Wildman–Crippen MR) is 128 cm³/mol. The number of amides is 1. The van der Waals surface area contributed by atoms with Crippen LogP contribution in [-0.2, 0) is 22.3 Å². The third-order valence-corrected chi connectivity index (χ3v) is 6.17. The number of aromatic nitrogens is 1. The molecule has 7 nitrogen and oxygen atoms in total. The topological polar surface area (TPSA) is 106 Å². The molecule has 0 radical (unpaired) electrons. The van der Waals surface area contributed by atoms with E-state index in [4.69, 9.17) is 10.5 Å². The van der Waals surface area contributed by atoms with E-state index in [0.29, 0.717) is 35.9 Å². The molecular weight excluding hydrogens is 492 g/mol. The van der Waals surface area contributed by atoms with Crippen molar-refractivity contribution in [1.82, 2.24) is 10.3 Å². The SMILES string of the molecule is Nc1ccc(C(=O)C[C@@]2(C(=O)NCc3ccc(Nc4ccc(F)cc4C(F)(F)F)cc3)CCOC2)cn1. The maximum absolute atomic E-state index is 13.3. The average Bonchev–Trinajstić information content (AvgIpc) is 3.34. The first-order valence-corrected chi connectivity index (χ1v) is 11.4. The van der Waals surface area contributed by atoms with E-state index < -0.39 is 23.0 Å². The Morgan fingerprint density at radius 3 is 2.46 bits per heavy atom. The number of hydrogen-bond acceptors (Lipinski definition) is 6. The van der Waals surface area contributed by atoms with Crippen LogP contribution in [0.3, 0.4) is 0 Å². The number of alkyl halides is 3. The van der Waals surface area contributed by atoms with Crippen LogP contribution in [0, 0.1) is 11.2 Å². The van der Waals surface area contributed by atoms with Crippen LogP contribution in [0.4, 0.5) is 34.8 Å². The number of carbonyl (C=O) groups is 2. The zero-order valence-electron chi connectivity index (χ0n) is 19.6. The minimum absolute atomic E-state index is 0.0491. The molecule has 1 aromatic heterocycles. The number of nitrogens with two attached hydrogens (primary N) is 1. The van der Waals surface area contributed by atoms with E-state index in [1.165, 1.54) is 12.3 Å². The summed E-state index contributed by atoms with van der Waals surface area (Å²) in [6.45, 7) is 0.599. The van der Waals surface area contributed by atoms with Crippen molar-refractivity contribution in [3.05, 3.63) is 83.3 Å². The highest BCUT2D eigenvalue weighted by molar-refractivity contribution is 5.99. The van der Waals surface area contributed by atoms with Gasteiger partial charge in [-0.2, -0.15) is 13.2 Å². The van der Waals surface area contributed by atoms with E-state index in [2.05, 4.69) is 15.6 Å². The van der Waals surface area contributed by atoms with Gasteiger partial charge in [0.1, 0.15) is 11.6 Å². The summed E-state index contributed by atoms with van der Waals surface area (Å²) < 4.78 is 58.5. The van der Waals surface area contributed by atoms with Crippen LogP contribution in [-0.4, -0.2) is 29.9 Å². The summed E-state index contributed by atoms with van der Waals surface area (Å²) in [5.41, 5.74) is 4.56. The molecule has 0 unspecified atom stereocenters. The number of ketones is 1. The Morgan fingerprint density at radius 2 is 1.84 bits per heavy atom. The Morgan fingerprint density at radius 1 is 1.08 bits per heavy atom. The first-order valence-electron chi connectivity index (χ1n) is 11.4. The second kappa shape index (κ2) is 10.6. The van der Waals surface area contributed by atoms with Crippen molar-refractivity contribution in [3.8, 4) is 0 Å². The lowest BCUT2D eigenvalue weighted by Crippen LogP contribution is -2.42. The molecule has 11 heteroatoms. The highest BCUT2D eigenvalue weighted by Crippen LogP contribution is 2.37. The Kier molecular flexibility index (Phi) is 7.44.